The molecule has 1 aromatic heterocycles. The number of rotatable bonds is 5. The molecule has 3 nitrogen and oxygen atoms in total. The molecule has 0 aliphatic carbocycles. The summed E-state index contributed by atoms with van der Waals surface area (Å²) < 4.78 is 0. The van der Waals surface area contributed by atoms with Crippen molar-refractivity contribution in [2.75, 3.05) is 26.2 Å². The standard InChI is InChI=1S/C12H21N3S/c1-3-13-6-11-4-5-15(8-11)9-12-7-14-10(2)16-12/h7,11,13H,3-6,8-9H2,1-2H3. The van der Waals surface area contributed by atoms with Gasteiger partial charge in [0.05, 0.1) is 5.01 Å². The zero-order valence-electron chi connectivity index (χ0n) is 10.2. The van der Waals surface area contributed by atoms with Gasteiger partial charge in [0.2, 0.25) is 0 Å². The molecular formula is C12H21N3S. The van der Waals surface area contributed by atoms with Gasteiger partial charge >= 0.3 is 0 Å². The fourth-order valence-electron chi connectivity index (χ4n) is 2.27. The average Bonchev–Trinajstić information content (AvgIpc) is 2.86. The van der Waals surface area contributed by atoms with Gasteiger partial charge in [-0.3, -0.25) is 4.90 Å². The van der Waals surface area contributed by atoms with Gasteiger partial charge in [-0.15, -0.1) is 11.3 Å². The molecule has 90 valence electrons. The average molecular weight is 239 g/mol. The Kier molecular flexibility index (Phi) is 4.32. The summed E-state index contributed by atoms with van der Waals surface area (Å²) in [6.07, 6.45) is 3.36. The zero-order chi connectivity index (χ0) is 11.4. The topological polar surface area (TPSA) is 28.2 Å². The first-order valence-corrected chi connectivity index (χ1v) is 6.94. The minimum absolute atomic E-state index is 0.842. The molecule has 0 aromatic carbocycles. The smallest absolute Gasteiger partial charge is 0.0897 e. The first-order chi connectivity index (χ1) is 7.78. The Balaban J connectivity index is 1.76. The maximum Gasteiger partial charge on any atom is 0.0897 e. The minimum atomic E-state index is 0.842. The molecule has 1 aliphatic rings. The van der Waals surface area contributed by atoms with Gasteiger partial charge in [0.25, 0.3) is 0 Å². The van der Waals surface area contributed by atoms with Gasteiger partial charge in [0.1, 0.15) is 0 Å². The van der Waals surface area contributed by atoms with Crippen LogP contribution in [0.15, 0.2) is 6.20 Å². The van der Waals surface area contributed by atoms with E-state index >= 15 is 0 Å². The van der Waals surface area contributed by atoms with E-state index in [2.05, 4.69) is 29.0 Å². The molecule has 1 atom stereocenters. The highest BCUT2D eigenvalue weighted by Crippen LogP contribution is 2.20. The molecule has 2 rings (SSSR count). The van der Waals surface area contributed by atoms with Gasteiger partial charge in [-0.1, -0.05) is 6.92 Å². The van der Waals surface area contributed by atoms with E-state index in [0.717, 1.165) is 19.0 Å². The summed E-state index contributed by atoms with van der Waals surface area (Å²) in [5, 5.41) is 4.62. The van der Waals surface area contributed by atoms with Crippen LogP contribution in [-0.4, -0.2) is 36.1 Å². The van der Waals surface area contributed by atoms with Gasteiger partial charge in [-0.25, -0.2) is 4.98 Å². The molecule has 1 aliphatic heterocycles. The van der Waals surface area contributed by atoms with Crippen molar-refractivity contribution < 1.29 is 0 Å². The van der Waals surface area contributed by atoms with E-state index in [1.54, 1.807) is 0 Å². The predicted octanol–water partition coefficient (Wildman–Crippen LogP) is 1.88. The quantitative estimate of drug-likeness (QED) is 0.850. The number of thiazole rings is 1. The Bertz CT molecular complexity index is 324. The maximum atomic E-state index is 4.31. The minimum Gasteiger partial charge on any atom is -0.317 e. The number of hydrogen-bond donors (Lipinski definition) is 1. The maximum absolute atomic E-state index is 4.31. The third-order valence-corrected chi connectivity index (χ3v) is 4.00. The summed E-state index contributed by atoms with van der Waals surface area (Å²) in [5.41, 5.74) is 0. The molecular weight excluding hydrogens is 218 g/mol. The second-order valence-electron chi connectivity index (χ2n) is 4.54. The zero-order valence-corrected chi connectivity index (χ0v) is 11.0. The van der Waals surface area contributed by atoms with Gasteiger partial charge < -0.3 is 5.32 Å². The Labute approximate surface area is 102 Å². The summed E-state index contributed by atoms with van der Waals surface area (Å²) in [5.74, 6) is 0.842. The second-order valence-corrected chi connectivity index (χ2v) is 5.86. The van der Waals surface area contributed by atoms with E-state index in [0.29, 0.717) is 0 Å². The number of hydrogen-bond acceptors (Lipinski definition) is 4. The van der Waals surface area contributed by atoms with E-state index in [4.69, 9.17) is 0 Å². The number of aromatic nitrogens is 1. The van der Waals surface area contributed by atoms with E-state index in [1.807, 2.05) is 17.5 Å². The Morgan fingerprint density at radius 1 is 1.62 bits per heavy atom. The largest absolute Gasteiger partial charge is 0.317 e. The molecule has 1 fully saturated rings. The molecule has 0 radical (unpaired) electrons. The highest BCUT2D eigenvalue weighted by atomic mass is 32.1. The van der Waals surface area contributed by atoms with E-state index < -0.39 is 0 Å². The van der Waals surface area contributed by atoms with Gasteiger partial charge in [-0.05, 0) is 38.9 Å². The predicted molar refractivity (Wildman–Crippen MR) is 68.8 cm³/mol. The van der Waals surface area contributed by atoms with Gasteiger partial charge in [0.15, 0.2) is 0 Å². The summed E-state index contributed by atoms with van der Waals surface area (Å²) in [4.78, 5) is 8.26. The molecule has 2 heterocycles. The van der Waals surface area contributed by atoms with Crippen LogP contribution in [0.4, 0.5) is 0 Å². The molecule has 0 bridgehead atoms. The second kappa shape index (κ2) is 5.75. The number of likely N-dealkylation sites (tertiary alicyclic amines) is 1. The third-order valence-electron chi connectivity index (χ3n) is 3.10. The van der Waals surface area contributed by atoms with Gasteiger partial charge in [-0.2, -0.15) is 0 Å². The Hall–Kier alpha value is -0.450. The van der Waals surface area contributed by atoms with Crippen LogP contribution in [0.2, 0.25) is 0 Å². The van der Waals surface area contributed by atoms with Crippen molar-refractivity contribution in [2.24, 2.45) is 5.92 Å². The van der Waals surface area contributed by atoms with Crippen LogP contribution in [0, 0.1) is 12.8 Å². The Morgan fingerprint density at radius 2 is 2.50 bits per heavy atom. The summed E-state index contributed by atoms with van der Waals surface area (Å²) in [6, 6.07) is 0. The molecule has 4 heteroatoms. The van der Waals surface area contributed by atoms with Crippen molar-refractivity contribution in [1.82, 2.24) is 15.2 Å². The lowest BCUT2D eigenvalue weighted by Crippen LogP contribution is -2.26. The SMILES string of the molecule is CCNCC1CCN(Cc2cnc(C)s2)C1. The lowest BCUT2D eigenvalue weighted by molar-refractivity contribution is 0.317. The number of aryl methyl sites for hydroxylation is 1. The van der Waals surface area contributed by atoms with Crippen LogP contribution in [0.5, 0.6) is 0 Å². The fraction of sp³-hybridized carbons (Fsp3) is 0.750. The molecule has 1 N–H and O–H groups in total. The lowest BCUT2D eigenvalue weighted by atomic mass is 10.1. The van der Waals surface area contributed by atoms with E-state index in [-0.39, 0.29) is 0 Å². The summed E-state index contributed by atoms with van der Waals surface area (Å²) in [6.45, 7) is 10.1. The lowest BCUT2D eigenvalue weighted by Gasteiger charge is -2.14. The number of nitrogens with one attached hydrogen (secondary N) is 1. The highest BCUT2D eigenvalue weighted by Gasteiger charge is 2.22. The molecule has 0 amide bonds. The van der Waals surface area contributed by atoms with Crippen LogP contribution in [0.1, 0.15) is 23.2 Å². The van der Waals surface area contributed by atoms with E-state index in [9.17, 15) is 0 Å². The molecule has 1 unspecified atom stereocenters. The van der Waals surface area contributed by atoms with E-state index in [1.165, 1.54) is 35.9 Å². The van der Waals surface area contributed by atoms with Crippen molar-refractivity contribution in [2.45, 2.75) is 26.8 Å². The van der Waals surface area contributed by atoms with Gasteiger partial charge in [0, 0.05) is 24.2 Å². The van der Waals surface area contributed by atoms with Crippen LogP contribution < -0.4 is 5.32 Å². The van der Waals surface area contributed by atoms with Crippen LogP contribution >= 0.6 is 11.3 Å². The van der Waals surface area contributed by atoms with Crippen molar-refractivity contribution in [3.05, 3.63) is 16.1 Å². The summed E-state index contributed by atoms with van der Waals surface area (Å²) >= 11 is 1.83. The van der Waals surface area contributed by atoms with Crippen molar-refractivity contribution in [3.8, 4) is 0 Å². The number of nitrogens with zero attached hydrogens (tertiary/aromatic N) is 2. The van der Waals surface area contributed by atoms with Crippen molar-refractivity contribution >= 4 is 11.3 Å². The van der Waals surface area contributed by atoms with Crippen LogP contribution in [0.3, 0.4) is 0 Å². The van der Waals surface area contributed by atoms with Crippen LogP contribution in [-0.2, 0) is 6.54 Å². The molecule has 1 saturated heterocycles. The molecule has 0 spiro atoms. The highest BCUT2D eigenvalue weighted by molar-refractivity contribution is 7.11. The monoisotopic (exact) mass is 239 g/mol. The third kappa shape index (κ3) is 3.27. The van der Waals surface area contributed by atoms with Crippen molar-refractivity contribution in [1.29, 1.82) is 0 Å². The first kappa shape index (κ1) is 12.0. The van der Waals surface area contributed by atoms with Crippen LogP contribution in [0.25, 0.3) is 0 Å². The molecule has 1 aromatic rings. The molecule has 0 saturated carbocycles. The normalized spacial score (nSPS) is 21.8. The summed E-state index contributed by atoms with van der Waals surface area (Å²) in [7, 11) is 0. The van der Waals surface area contributed by atoms with Crippen molar-refractivity contribution in [3.63, 3.8) is 0 Å². The Morgan fingerprint density at radius 3 is 3.19 bits per heavy atom. The first-order valence-electron chi connectivity index (χ1n) is 6.12. The fourth-order valence-corrected chi connectivity index (χ4v) is 3.11. The molecule has 16 heavy (non-hydrogen) atoms.